The summed E-state index contributed by atoms with van der Waals surface area (Å²) < 4.78 is 10.8. The number of amides is 3. The van der Waals surface area contributed by atoms with Gasteiger partial charge in [0, 0.05) is 23.6 Å². The second-order valence-electron chi connectivity index (χ2n) is 5.78. The Kier molecular flexibility index (Phi) is 8.78. The molecule has 0 radical (unpaired) electrons. The molecule has 0 spiro atoms. The van der Waals surface area contributed by atoms with E-state index in [1.807, 2.05) is 6.92 Å². The van der Waals surface area contributed by atoms with Crippen LogP contribution in [0.3, 0.4) is 0 Å². The Bertz CT molecular complexity index is 842. The van der Waals surface area contributed by atoms with Crippen LogP contribution in [0.15, 0.2) is 48.5 Å². The molecule has 0 fully saturated rings. The van der Waals surface area contributed by atoms with Gasteiger partial charge in [0.25, 0.3) is 11.8 Å². The maximum atomic E-state index is 11.9. The maximum Gasteiger partial charge on any atom is 0.276 e. The Morgan fingerprint density at radius 1 is 0.897 bits per heavy atom. The van der Waals surface area contributed by atoms with Crippen molar-refractivity contribution >= 4 is 29.3 Å². The van der Waals surface area contributed by atoms with Crippen molar-refractivity contribution in [2.75, 3.05) is 19.8 Å². The molecule has 154 valence electrons. The average molecular weight is 420 g/mol. The fourth-order valence-corrected chi connectivity index (χ4v) is 2.34. The summed E-state index contributed by atoms with van der Waals surface area (Å²) in [5.41, 5.74) is 4.95. The number of hydrogen-bond donors (Lipinski definition) is 3. The number of ether oxygens (including phenoxy) is 2. The number of rotatable bonds is 9. The minimum absolute atomic E-state index is 0.00631. The van der Waals surface area contributed by atoms with Gasteiger partial charge >= 0.3 is 0 Å². The summed E-state index contributed by atoms with van der Waals surface area (Å²) in [5, 5.41) is 3.14. The molecule has 0 bridgehead atoms. The van der Waals surface area contributed by atoms with Gasteiger partial charge < -0.3 is 14.8 Å². The van der Waals surface area contributed by atoms with E-state index < -0.39 is 11.8 Å². The Hall–Kier alpha value is -3.26. The second kappa shape index (κ2) is 11.6. The lowest BCUT2D eigenvalue weighted by atomic mass is 10.2. The van der Waals surface area contributed by atoms with Crippen LogP contribution in [-0.2, 0) is 9.59 Å². The van der Waals surface area contributed by atoms with Crippen LogP contribution in [0.5, 0.6) is 11.5 Å². The zero-order valence-corrected chi connectivity index (χ0v) is 16.6. The molecule has 3 N–H and O–H groups in total. The smallest absolute Gasteiger partial charge is 0.276 e. The van der Waals surface area contributed by atoms with Crippen molar-refractivity contribution in [2.45, 2.75) is 13.3 Å². The second-order valence-corrected chi connectivity index (χ2v) is 6.21. The van der Waals surface area contributed by atoms with Gasteiger partial charge in [-0.2, -0.15) is 0 Å². The molecule has 0 aliphatic heterocycles. The minimum atomic E-state index is -0.533. The third-order valence-corrected chi connectivity index (χ3v) is 3.85. The number of para-hydroxylation sites is 2. The molecule has 2 rings (SSSR count). The van der Waals surface area contributed by atoms with Crippen LogP contribution in [0.4, 0.5) is 0 Å². The molecule has 0 saturated heterocycles. The van der Waals surface area contributed by atoms with Gasteiger partial charge in [0.15, 0.2) is 18.1 Å². The first-order valence-electron chi connectivity index (χ1n) is 8.95. The molecule has 0 aliphatic carbocycles. The molecule has 0 aliphatic rings. The van der Waals surface area contributed by atoms with E-state index in [2.05, 4.69) is 16.2 Å². The van der Waals surface area contributed by atoms with Gasteiger partial charge in [-0.3, -0.25) is 25.2 Å². The highest BCUT2D eigenvalue weighted by Crippen LogP contribution is 2.26. The predicted molar refractivity (Wildman–Crippen MR) is 108 cm³/mol. The van der Waals surface area contributed by atoms with E-state index in [-0.39, 0.29) is 25.5 Å². The largest absolute Gasteiger partial charge is 0.490 e. The zero-order valence-electron chi connectivity index (χ0n) is 15.9. The number of hydrogen-bond acceptors (Lipinski definition) is 5. The van der Waals surface area contributed by atoms with Crippen LogP contribution in [-0.4, -0.2) is 37.5 Å². The van der Waals surface area contributed by atoms with Gasteiger partial charge in [0.05, 0.1) is 6.61 Å². The molecule has 0 saturated carbocycles. The number of carbonyl (C=O) groups is 3. The van der Waals surface area contributed by atoms with Gasteiger partial charge in [0.1, 0.15) is 0 Å². The first-order valence-corrected chi connectivity index (χ1v) is 9.33. The molecule has 0 heterocycles. The highest BCUT2D eigenvalue weighted by molar-refractivity contribution is 6.30. The number of carbonyl (C=O) groups excluding carboxylic acids is 3. The summed E-state index contributed by atoms with van der Waals surface area (Å²) in [7, 11) is 0. The van der Waals surface area contributed by atoms with Crippen LogP contribution in [0.25, 0.3) is 0 Å². The molecule has 9 heteroatoms. The maximum absolute atomic E-state index is 11.9. The highest BCUT2D eigenvalue weighted by atomic mass is 35.5. The standard InChI is InChI=1S/C20H22ClN3O5/c1-2-28-16-5-3-4-6-17(16)29-13-19(26)24-23-18(25)11-12-22-20(27)14-7-9-15(21)10-8-14/h3-10H,2,11-13H2,1H3,(H,22,27)(H,23,25)(H,24,26). The fraction of sp³-hybridized carbons (Fsp3) is 0.250. The van der Waals surface area contributed by atoms with E-state index in [0.29, 0.717) is 28.7 Å². The number of hydrazine groups is 1. The molecule has 8 nitrogen and oxygen atoms in total. The summed E-state index contributed by atoms with van der Waals surface area (Å²) >= 11 is 5.77. The van der Waals surface area contributed by atoms with E-state index in [9.17, 15) is 14.4 Å². The monoisotopic (exact) mass is 419 g/mol. The average Bonchev–Trinajstić information content (AvgIpc) is 2.72. The molecule has 2 aromatic carbocycles. The first-order chi connectivity index (χ1) is 14.0. The molecular formula is C20H22ClN3O5. The summed E-state index contributed by atoms with van der Waals surface area (Å²) in [4.78, 5) is 35.5. The van der Waals surface area contributed by atoms with Crippen molar-refractivity contribution < 1.29 is 23.9 Å². The van der Waals surface area contributed by atoms with Gasteiger partial charge in [-0.05, 0) is 43.3 Å². The number of benzene rings is 2. The lowest BCUT2D eigenvalue weighted by Gasteiger charge is -2.12. The van der Waals surface area contributed by atoms with Crippen molar-refractivity contribution in [1.29, 1.82) is 0 Å². The van der Waals surface area contributed by atoms with E-state index >= 15 is 0 Å². The summed E-state index contributed by atoms with van der Waals surface area (Å²) in [6, 6.07) is 13.3. The molecule has 29 heavy (non-hydrogen) atoms. The number of nitrogens with one attached hydrogen (secondary N) is 3. The van der Waals surface area contributed by atoms with E-state index in [4.69, 9.17) is 21.1 Å². The Morgan fingerprint density at radius 2 is 1.52 bits per heavy atom. The van der Waals surface area contributed by atoms with Crippen LogP contribution in [0.2, 0.25) is 5.02 Å². The lowest BCUT2D eigenvalue weighted by molar-refractivity contribution is -0.130. The van der Waals surface area contributed by atoms with E-state index in [0.717, 1.165) is 0 Å². The molecule has 2 aromatic rings. The minimum Gasteiger partial charge on any atom is -0.490 e. The third kappa shape index (κ3) is 7.71. The topological polar surface area (TPSA) is 106 Å². The molecule has 0 aromatic heterocycles. The zero-order chi connectivity index (χ0) is 21.1. The Balaban J connectivity index is 1.65. The van der Waals surface area contributed by atoms with Crippen LogP contribution in [0.1, 0.15) is 23.7 Å². The quantitative estimate of drug-likeness (QED) is 0.540. The van der Waals surface area contributed by atoms with Crippen molar-refractivity contribution in [2.24, 2.45) is 0 Å². The Labute approximate surface area is 173 Å². The van der Waals surface area contributed by atoms with Crippen LogP contribution in [0, 0.1) is 0 Å². The molecule has 0 atom stereocenters. The van der Waals surface area contributed by atoms with Gasteiger partial charge in [-0.25, -0.2) is 0 Å². The highest BCUT2D eigenvalue weighted by Gasteiger charge is 2.10. The predicted octanol–water partition coefficient (Wildman–Crippen LogP) is 2.08. The van der Waals surface area contributed by atoms with Gasteiger partial charge in [0.2, 0.25) is 5.91 Å². The van der Waals surface area contributed by atoms with Crippen molar-refractivity contribution in [3.8, 4) is 11.5 Å². The summed E-state index contributed by atoms with van der Waals surface area (Å²) in [6.45, 7) is 2.13. The van der Waals surface area contributed by atoms with E-state index in [1.54, 1.807) is 48.5 Å². The molecular weight excluding hydrogens is 398 g/mol. The van der Waals surface area contributed by atoms with Gasteiger partial charge in [-0.15, -0.1) is 0 Å². The first kappa shape index (κ1) is 22.0. The summed E-state index contributed by atoms with van der Waals surface area (Å²) in [5.74, 6) is -0.344. The van der Waals surface area contributed by atoms with Crippen molar-refractivity contribution in [3.63, 3.8) is 0 Å². The SMILES string of the molecule is CCOc1ccccc1OCC(=O)NNC(=O)CCNC(=O)c1ccc(Cl)cc1. The fourth-order valence-electron chi connectivity index (χ4n) is 2.22. The third-order valence-electron chi connectivity index (χ3n) is 3.59. The molecule has 3 amide bonds. The van der Waals surface area contributed by atoms with Gasteiger partial charge in [-0.1, -0.05) is 23.7 Å². The molecule has 0 unspecified atom stereocenters. The van der Waals surface area contributed by atoms with Crippen LogP contribution < -0.4 is 25.6 Å². The van der Waals surface area contributed by atoms with E-state index in [1.165, 1.54) is 0 Å². The Morgan fingerprint density at radius 3 is 2.17 bits per heavy atom. The lowest BCUT2D eigenvalue weighted by Crippen LogP contribution is -2.44. The normalized spacial score (nSPS) is 10.0. The van der Waals surface area contributed by atoms with Crippen LogP contribution >= 0.6 is 11.6 Å². The van der Waals surface area contributed by atoms with Crippen molar-refractivity contribution in [3.05, 3.63) is 59.1 Å². The summed E-state index contributed by atoms with van der Waals surface area (Å²) in [6.07, 6.45) is -0.00631. The number of halogens is 1. The van der Waals surface area contributed by atoms with Crippen molar-refractivity contribution in [1.82, 2.24) is 16.2 Å².